The molecule has 80 valence electrons. The van der Waals surface area contributed by atoms with Gasteiger partial charge in [-0.3, -0.25) is 0 Å². The standard InChI is InChI=1S/C13H18N2/c1-2-4-12(5-3-1)14-13-10-15-8-6-11(13)7-9-15/h1-5,11,13-14H,6-10H2. The van der Waals surface area contributed by atoms with Crippen LogP contribution in [0.3, 0.4) is 0 Å². The number of nitrogens with zero attached hydrogens (tertiary/aromatic N) is 1. The van der Waals surface area contributed by atoms with Crippen LogP contribution in [0.4, 0.5) is 5.69 Å². The van der Waals surface area contributed by atoms with Gasteiger partial charge in [0.05, 0.1) is 0 Å². The van der Waals surface area contributed by atoms with Crippen molar-refractivity contribution in [2.75, 3.05) is 25.0 Å². The third-order valence-electron chi connectivity index (χ3n) is 3.78. The van der Waals surface area contributed by atoms with Gasteiger partial charge < -0.3 is 10.2 Å². The van der Waals surface area contributed by atoms with Crippen LogP contribution in [0, 0.1) is 5.92 Å². The molecule has 3 aliphatic heterocycles. The molecule has 4 rings (SSSR count). The molecule has 2 bridgehead atoms. The van der Waals surface area contributed by atoms with Crippen LogP contribution in [0.2, 0.25) is 0 Å². The van der Waals surface area contributed by atoms with Crippen molar-refractivity contribution in [3.05, 3.63) is 30.3 Å². The summed E-state index contributed by atoms with van der Waals surface area (Å²) in [7, 11) is 0. The molecule has 1 unspecified atom stereocenters. The predicted octanol–water partition coefficient (Wildman–Crippen LogP) is 2.19. The zero-order valence-corrected chi connectivity index (χ0v) is 9.02. The maximum atomic E-state index is 3.67. The maximum Gasteiger partial charge on any atom is 0.0417 e. The number of nitrogens with one attached hydrogen (secondary N) is 1. The Labute approximate surface area is 91.3 Å². The lowest BCUT2D eigenvalue weighted by atomic mass is 9.84. The number of benzene rings is 1. The summed E-state index contributed by atoms with van der Waals surface area (Å²) in [6, 6.07) is 11.3. The molecule has 3 saturated heterocycles. The van der Waals surface area contributed by atoms with Gasteiger partial charge in [-0.25, -0.2) is 0 Å². The van der Waals surface area contributed by atoms with E-state index < -0.39 is 0 Å². The van der Waals surface area contributed by atoms with Crippen molar-refractivity contribution in [2.45, 2.75) is 18.9 Å². The Bertz CT molecular complexity index is 315. The van der Waals surface area contributed by atoms with Crippen LogP contribution in [-0.4, -0.2) is 30.6 Å². The highest BCUT2D eigenvalue weighted by atomic mass is 15.2. The molecule has 1 atom stereocenters. The molecule has 0 aromatic heterocycles. The van der Waals surface area contributed by atoms with E-state index in [9.17, 15) is 0 Å². The minimum Gasteiger partial charge on any atom is -0.381 e. The molecule has 1 aromatic rings. The van der Waals surface area contributed by atoms with Crippen LogP contribution < -0.4 is 5.32 Å². The van der Waals surface area contributed by atoms with Gasteiger partial charge in [0.15, 0.2) is 0 Å². The number of fused-ring (bicyclic) bond motifs is 3. The zero-order valence-electron chi connectivity index (χ0n) is 9.02. The van der Waals surface area contributed by atoms with E-state index >= 15 is 0 Å². The summed E-state index contributed by atoms with van der Waals surface area (Å²) in [6.07, 6.45) is 2.76. The molecule has 15 heavy (non-hydrogen) atoms. The molecule has 1 N–H and O–H groups in total. The van der Waals surface area contributed by atoms with Crippen molar-refractivity contribution in [3.8, 4) is 0 Å². The number of piperidine rings is 3. The minimum atomic E-state index is 0.676. The van der Waals surface area contributed by atoms with Crippen molar-refractivity contribution in [1.82, 2.24) is 4.90 Å². The summed E-state index contributed by atoms with van der Waals surface area (Å²) >= 11 is 0. The van der Waals surface area contributed by atoms with Gasteiger partial charge in [0.2, 0.25) is 0 Å². The Kier molecular flexibility index (Phi) is 2.37. The van der Waals surface area contributed by atoms with E-state index in [0.29, 0.717) is 6.04 Å². The Hall–Kier alpha value is -1.02. The topological polar surface area (TPSA) is 15.3 Å². The summed E-state index contributed by atoms with van der Waals surface area (Å²) in [5.41, 5.74) is 1.27. The van der Waals surface area contributed by atoms with Crippen molar-refractivity contribution < 1.29 is 0 Å². The van der Waals surface area contributed by atoms with Crippen molar-refractivity contribution in [1.29, 1.82) is 0 Å². The lowest BCUT2D eigenvalue weighted by Gasteiger charge is -2.45. The van der Waals surface area contributed by atoms with Gasteiger partial charge in [0, 0.05) is 18.3 Å². The van der Waals surface area contributed by atoms with Crippen LogP contribution in [0.15, 0.2) is 30.3 Å². The van der Waals surface area contributed by atoms with Crippen LogP contribution in [0.25, 0.3) is 0 Å². The second-order valence-electron chi connectivity index (χ2n) is 4.75. The molecule has 0 saturated carbocycles. The smallest absolute Gasteiger partial charge is 0.0417 e. The van der Waals surface area contributed by atoms with E-state index in [0.717, 1.165) is 5.92 Å². The van der Waals surface area contributed by atoms with Crippen LogP contribution in [0.1, 0.15) is 12.8 Å². The molecule has 2 nitrogen and oxygen atoms in total. The van der Waals surface area contributed by atoms with Gasteiger partial charge in [0.1, 0.15) is 0 Å². The van der Waals surface area contributed by atoms with E-state index in [-0.39, 0.29) is 0 Å². The van der Waals surface area contributed by atoms with Gasteiger partial charge in [-0.2, -0.15) is 0 Å². The number of hydrogen-bond donors (Lipinski definition) is 1. The number of anilines is 1. The minimum absolute atomic E-state index is 0.676. The Morgan fingerprint density at radius 1 is 1.07 bits per heavy atom. The molecule has 0 spiro atoms. The highest BCUT2D eigenvalue weighted by molar-refractivity contribution is 5.43. The molecule has 0 amide bonds. The number of para-hydroxylation sites is 1. The summed E-state index contributed by atoms with van der Waals surface area (Å²) in [6.45, 7) is 3.87. The Morgan fingerprint density at radius 2 is 1.80 bits per heavy atom. The molecule has 1 aromatic carbocycles. The van der Waals surface area contributed by atoms with E-state index in [1.807, 2.05) is 0 Å². The molecular formula is C13H18N2. The molecule has 3 aliphatic rings. The van der Waals surface area contributed by atoms with E-state index in [2.05, 4.69) is 40.5 Å². The van der Waals surface area contributed by atoms with Gasteiger partial charge >= 0.3 is 0 Å². The Balaban J connectivity index is 1.69. The average molecular weight is 202 g/mol. The molecule has 3 heterocycles. The summed E-state index contributed by atoms with van der Waals surface area (Å²) in [5.74, 6) is 0.898. The van der Waals surface area contributed by atoms with Crippen LogP contribution in [0.5, 0.6) is 0 Å². The predicted molar refractivity (Wildman–Crippen MR) is 63.0 cm³/mol. The second kappa shape index (κ2) is 3.86. The second-order valence-corrected chi connectivity index (χ2v) is 4.75. The molecule has 2 heteroatoms. The van der Waals surface area contributed by atoms with Crippen LogP contribution in [-0.2, 0) is 0 Å². The van der Waals surface area contributed by atoms with E-state index in [1.165, 1.54) is 38.2 Å². The summed E-state index contributed by atoms with van der Waals surface area (Å²) in [4.78, 5) is 2.58. The first-order valence-corrected chi connectivity index (χ1v) is 5.96. The summed E-state index contributed by atoms with van der Waals surface area (Å²) in [5, 5.41) is 3.67. The molecule has 3 fully saturated rings. The number of hydrogen-bond acceptors (Lipinski definition) is 2. The Morgan fingerprint density at radius 3 is 2.40 bits per heavy atom. The first-order valence-electron chi connectivity index (χ1n) is 5.96. The highest BCUT2D eigenvalue weighted by Gasteiger charge is 2.33. The third kappa shape index (κ3) is 1.86. The van der Waals surface area contributed by atoms with Crippen molar-refractivity contribution in [2.24, 2.45) is 5.92 Å². The lowest BCUT2D eigenvalue weighted by Crippen LogP contribution is -2.53. The van der Waals surface area contributed by atoms with Gasteiger partial charge in [-0.05, 0) is 44.0 Å². The fraction of sp³-hybridized carbons (Fsp3) is 0.538. The molecular weight excluding hydrogens is 184 g/mol. The summed E-state index contributed by atoms with van der Waals surface area (Å²) < 4.78 is 0. The normalized spacial score (nSPS) is 34.0. The van der Waals surface area contributed by atoms with Crippen molar-refractivity contribution >= 4 is 5.69 Å². The number of rotatable bonds is 2. The zero-order chi connectivity index (χ0) is 10.1. The van der Waals surface area contributed by atoms with E-state index in [4.69, 9.17) is 0 Å². The molecule has 0 radical (unpaired) electrons. The van der Waals surface area contributed by atoms with Gasteiger partial charge in [-0.1, -0.05) is 18.2 Å². The third-order valence-corrected chi connectivity index (χ3v) is 3.78. The fourth-order valence-electron chi connectivity index (χ4n) is 2.88. The molecule has 0 aliphatic carbocycles. The van der Waals surface area contributed by atoms with Gasteiger partial charge in [0.25, 0.3) is 0 Å². The lowest BCUT2D eigenvalue weighted by molar-refractivity contribution is 0.0975. The van der Waals surface area contributed by atoms with E-state index in [1.54, 1.807) is 0 Å². The van der Waals surface area contributed by atoms with Crippen LogP contribution >= 0.6 is 0 Å². The average Bonchev–Trinajstić information content (AvgIpc) is 2.32. The highest BCUT2D eigenvalue weighted by Crippen LogP contribution is 2.29. The van der Waals surface area contributed by atoms with Gasteiger partial charge in [-0.15, -0.1) is 0 Å². The largest absolute Gasteiger partial charge is 0.381 e. The quantitative estimate of drug-likeness (QED) is 0.791. The first-order chi connectivity index (χ1) is 7.42. The first kappa shape index (κ1) is 9.22. The fourth-order valence-corrected chi connectivity index (χ4v) is 2.88. The maximum absolute atomic E-state index is 3.67. The van der Waals surface area contributed by atoms with Crippen molar-refractivity contribution in [3.63, 3.8) is 0 Å². The SMILES string of the molecule is c1ccc(NC2CN3CCC2CC3)cc1. The monoisotopic (exact) mass is 202 g/mol.